The normalized spacial score (nSPS) is 20.3. The van der Waals surface area contributed by atoms with E-state index in [0.717, 1.165) is 16.0 Å². The molecule has 1 aromatic heterocycles. The molecule has 8 heteroatoms. The van der Waals surface area contributed by atoms with Crippen molar-refractivity contribution in [1.29, 1.82) is 0 Å². The van der Waals surface area contributed by atoms with Crippen molar-refractivity contribution in [1.82, 2.24) is 20.4 Å². The third-order valence-electron chi connectivity index (χ3n) is 4.27. The van der Waals surface area contributed by atoms with Gasteiger partial charge >= 0.3 is 0 Å². The number of nitrogens with zero attached hydrogens (tertiary/aromatic N) is 2. The number of hydrogen-bond donors (Lipinski definition) is 2. The number of carbonyl (C=O) groups excluding carboxylic acids is 4. The van der Waals surface area contributed by atoms with Crippen LogP contribution in [-0.4, -0.2) is 44.8 Å². The Morgan fingerprint density at radius 3 is 2.54 bits per heavy atom. The molecule has 1 aromatic carbocycles. The van der Waals surface area contributed by atoms with Crippen molar-refractivity contribution in [2.24, 2.45) is 0 Å². The number of fused-ring (bicyclic) bond motifs is 1. The second-order valence-corrected chi connectivity index (χ2v) is 5.69. The summed E-state index contributed by atoms with van der Waals surface area (Å²) >= 11 is 0. The van der Waals surface area contributed by atoms with E-state index in [9.17, 15) is 19.2 Å². The number of hydrogen-bond acceptors (Lipinski definition) is 5. The Morgan fingerprint density at radius 2 is 1.83 bits per heavy atom. The minimum atomic E-state index is -0.951. The molecular weight excluding hydrogens is 312 g/mol. The average Bonchev–Trinajstić information content (AvgIpc) is 3.17. The molecule has 2 N–H and O–H groups in total. The molecule has 0 radical (unpaired) electrons. The molecule has 4 amide bonds. The topological polar surface area (TPSA) is 112 Å². The highest BCUT2D eigenvalue weighted by molar-refractivity contribution is 6.23. The molecule has 24 heavy (non-hydrogen) atoms. The van der Waals surface area contributed by atoms with E-state index in [4.69, 9.17) is 0 Å². The van der Waals surface area contributed by atoms with E-state index in [2.05, 4.69) is 15.5 Å². The first kappa shape index (κ1) is 14.3. The summed E-state index contributed by atoms with van der Waals surface area (Å²) in [6, 6.07) is 3.96. The minimum absolute atomic E-state index is 0.101. The first-order valence-corrected chi connectivity index (χ1v) is 7.41. The lowest BCUT2D eigenvalue weighted by Crippen LogP contribution is -2.54. The molecular formula is C16H12N4O4. The number of nitrogens with one attached hydrogen (secondary N) is 2. The maximum atomic E-state index is 12.7. The van der Waals surface area contributed by atoms with Crippen LogP contribution in [0.3, 0.4) is 0 Å². The largest absolute Gasteiger partial charge is 0.295 e. The van der Waals surface area contributed by atoms with Crippen molar-refractivity contribution >= 4 is 23.6 Å². The third-order valence-corrected chi connectivity index (χ3v) is 4.27. The summed E-state index contributed by atoms with van der Waals surface area (Å²) in [6.07, 6.45) is 3.54. The van der Waals surface area contributed by atoms with E-state index < -0.39 is 29.7 Å². The zero-order valence-electron chi connectivity index (χ0n) is 12.4. The van der Waals surface area contributed by atoms with Crippen molar-refractivity contribution in [3.8, 4) is 11.1 Å². The predicted molar refractivity (Wildman–Crippen MR) is 80.7 cm³/mol. The van der Waals surface area contributed by atoms with Crippen molar-refractivity contribution in [2.75, 3.05) is 0 Å². The number of H-pyrrole nitrogens is 1. The van der Waals surface area contributed by atoms with E-state index >= 15 is 0 Å². The van der Waals surface area contributed by atoms with Crippen LogP contribution >= 0.6 is 0 Å². The number of aromatic amines is 1. The van der Waals surface area contributed by atoms with Gasteiger partial charge in [-0.05, 0) is 24.1 Å². The maximum absolute atomic E-state index is 12.7. The fraction of sp³-hybridized carbons (Fsp3) is 0.188. The molecule has 1 saturated heterocycles. The summed E-state index contributed by atoms with van der Waals surface area (Å²) in [5.74, 6) is -2.04. The third kappa shape index (κ3) is 2.03. The van der Waals surface area contributed by atoms with Crippen LogP contribution in [0.15, 0.2) is 30.6 Å². The molecule has 1 fully saturated rings. The molecule has 0 saturated carbocycles. The number of piperidine rings is 1. The minimum Gasteiger partial charge on any atom is -0.295 e. The monoisotopic (exact) mass is 324 g/mol. The zero-order chi connectivity index (χ0) is 16.8. The van der Waals surface area contributed by atoms with Crippen LogP contribution in [0, 0.1) is 0 Å². The van der Waals surface area contributed by atoms with Crippen molar-refractivity contribution in [2.45, 2.75) is 18.9 Å². The van der Waals surface area contributed by atoms with Crippen LogP contribution in [0.4, 0.5) is 0 Å². The van der Waals surface area contributed by atoms with Gasteiger partial charge in [0, 0.05) is 18.2 Å². The summed E-state index contributed by atoms with van der Waals surface area (Å²) in [5, 5.41) is 8.72. The second kappa shape index (κ2) is 5.12. The second-order valence-electron chi connectivity index (χ2n) is 5.69. The highest BCUT2D eigenvalue weighted by Gasteiger charge is 2.44. The van der Waals surface area contributed by atoms with E-state index in [1.807, 2.05) is 0 Å². The van der Waals surface area contributed by atoms with Gasteiger partial charge in [-0.2, -0.15) is 5.10 Å². The Morgan fingerprint density at radius 1 is 1.04 bits per heavy atom. The van der Waals surface area contributed by atoms with Gasteiger partial charge in [-0.15, -0.1) is 0 Å². The summed E-state index contributed by atoms with van der Waals surface area (Å²) in [5.41, 5.74) is 2.05. The van der Waals surface area contributed by atoms with Crippen molar-refractivity contribution < 1.29 is 19.2 Å². The van der Waals surface area contributed by atoms with Crippen molar-refractivity contribution in [3.05, 3.63) is 41.7 Å². The Labute approximate surface area is 135 Å². The summed E-state index contributed by atoms with van der Waals surface area (Å²) in [4.78, 5) is 49.4. The van der Waals surface area contributed by atoms with Gasteiger partial charge in [0.2, 0.25) is 11.8 Å². The lowest BCUT2D eigenvalue weighted by Gasteiger charge is -2.27. The number of carbonyl (C=O) groups is 4. The quantitative estimate of drug-likeness (QED) is 0.780. The molecule has 4 rings (SSSR count). The maximum Gasteiger partial charge on any atom is 0.262 e. The van der Waals surface area contributed by atoms with Gasteiger partial charge < -0.3 is 0 Å². The SMILES string of the molecule is O=C1CCC(N2C(=O)c3ccc(-c4cn[nH]c4)cc3C2=O)C(=O)N1. The molecule has 0 aliphatic carbocycles. The number of benzene rings is 1. The van der Waals surface area contributed by atoms with Crippen LogP contribution in [0.25, 0.3) is 11.1 Å². The summed E-state index contributed by atoms with van der Waals surface area (Å²) in [6.45, 7) is 0. The van der Waals surface area contributed by atoms with E-state index in [0.29, 0.717) is 0 Å². The van der Waals surface area contributed by atoms with Crippen LogP contribution < -0.4 is 5.32 Å². The lowest BCUT2D eigenvalue weighted by atomic mass is 10.0. The van der Waals surface area contributed by atoms with Gasteiger partial charge in [0.25, 0.3) is 11.8 Å². The highest BCUT2D eigenvalue weighted by Crippen LogP contribution is 2.30. The van der Waals surface area contributed by atoms with Crippen LogP contribution in [0.5, 0.6) is 0 Å². The molecule has 1 atom stereocenters. The van der Waals surface area contributed by atoms with Gasteiger partial charge in [-0.1, -0.05) is 6.07 Å². The molecule has 3 heterocycles. The summed E-state index contributed by atoms with van der Waals surface area (Å²) in [7, 11) is 0. The number of amides is 4. The van der Waals surface area contributed by atoms with Crippen LogP contribution in [0.1, 0.15) is 33.6 Å². The summed E-state index contributed by atoms with van der Waals surface area (Å²) < 4.78 is 0. The first-order valence-electron chi connectivity index (χ1n) is 7.41. The Hall–Kier alpha value is -3.29. The van der Waals surface area contributed by atoms with Gasteiger partial charge in [0.05, 0.1) is 17.3 Å². The van der Waals surface area contributed by atoms with E-state index in [1.165, 1.54) is 0 Å². The fourth-order valence-corrected chi connectivity index (χ4v) is 3.06. The van der Waals surface area contributed by atoms with Gasteiger partial charge in [-0.25, -0.2) is 0 Å². The highest BCUT2D eigenvalue weighted by atomic mass is 16.2. The van der Waals surface area contributed by atoms with Crippen LogP contribution in [0.2, 0.25) is 0 Å². The number of rotatable bonds is 2. The smallest absolute Gasteiger partial charge is 0.262 e. The van der Waals surface area contributed by atoms with E-state index in [-0.39, 0.29) is 24.0 Å². The molecule has 2 aliphatic rings. The van der Waals surface area contributed by atoms with Gasteiger partial charge in [0.1, 0.15) is 6.04 Å². The molecule has 120 valence electrons. The van der Waals surface area contributed by atoms with Crippen LogP contribution in [-0.2, 0) is 9.59 Å². The Balaban J connectivity index is 1.71. The average molecular weight is 324 g/mol. The molecule has 8 nitrogen and oxygen atoms in total. The molecule has 0 spiro atoms. The Kier molecular flexibility index (Phi) is 3.05. The standard InChI is InChI=1S/C16H12N4O4/c21-13-4-3-12(14(22)19-13)20-15(23)10-2-1-8(5-11(10)16(20)24)9-6-17-18-7-9/h1-2,5-7,12H,3-4H2,(H,17,18)(H,19,21,22). The molecule has 2 aliphatic heterocycles. The van der Waals surface area contributed by atoms with Gasteiger partial charge in [0.15, 0.2) is 0 Å². The first-order chi connectivity index (χ1) is 11.6. The van der Waals surface area contributed by atoms with Crippen molar-refractivity contribution in [3.63, 3.8) is 0 Å². The fourth-order valence-electron chi connectivity index (χ4n) is 3.06. The number of imide groups is 2. The van der Waals surface area contributed by atoms with Gasteiger partial charge in [-0.3, -0.25) is 34.5 Å². The zero-order valence-corrected chi connectivity index (χ0v) is 12.4. The number of aromatic nitrogens is 2. The predicted octanol–water partition coefficient (Wildman–Crippen LogP) is 0.478. The lowest BCUT2D eigenvalue weighted by molar-refractivity contribution is -0.136. The van der Waals surface area contributed by atoms with E-state index in [1.54, 1.807) is 30.6 Å². The molecule has 2 aromatic rings. The molecule has 1 unspecified atom stereocenters. The molecule has 0 bridgehead atoms. The Bertz CT molecular complexity index is 887.